The third kappa shape index (κ3) is 2.12. The zero-order chi connectivity index (χ0) is 14.2. The lowest BCUT2D eigenvalue weighted by molar-refractivity contribution is 0.0686. The number of nitrogens with zero attached hydrogens (tertiary/aromatic N) is 1. The van der Waals surface area contributed by atoms with Crippen LogP contribution in [-0.4, -0.2) is 28.4 Å². The van der Waals surface area contributed by atoms with Crippen molar-refractivity contribution in [1.29, 1.82) is 0 Å². The van der Waals surface area contributed by atoms with Crippen LogP contribution >= 0.6 is 0 Å². The van der Waals surface area contributed by atoms with Gasteiger partial charge in [0.05, 0.1) is 7.11 Å². The molecule has 0 saturated heterocycles. The van der Waals surface area contributed by atoms with Crippen molar-refractivity contribution >= 4 is 5.97 Å². The van der Waals surface area contributed by atoms with E-state index in [1.807, 2.05) is 6.92 Å². The van der Waals surface area contributed by atoms with Gasteiger partial charge in [-0.15, -0.1) is 0 Å². The number of phenolic OH excluding ortho intramolecular Hbond substituents is 1. The first-order valence-corrected chi connectivity index (χ1v) is 5.53. The minimum atomic E-state index is -1.16. The van der Waals surface area contributed by atoms with Crippen molar-refractivity contribution in [3.8, 4) is 22.8 Å². The second kappa shape index (κ2) is 4.64. The first-order chi connectivity index (χ1) is 8.95. The maximum atomic E-state index is 10.8. The standard InChI is InChI=1S/C13H13NO5/c1-6-7(2)12(18-3)10(15)4-8(6)11-5-9(13(16)17)14-19-11/h4-5,15H,1-3H3,(H,16,17). The summed E-state index contributed by atoms with van der Waals surface area (Å²) in [5.41, 5.74) is 1.98. The number of hydrogen-bond acceptors (Lipinski definition) is 5. The fourth-order valence-corrected chi connectivity index (χ4v) is 1.89. The van der Waals surface area contributed by atoms with Crippen LogP contribution in [0.15, 0.2) is 16.7 Å². The zero-order valence-corrected chi connectivity index (χ0v) is 10.7. The third-order valence-electron chi connectivity index (χ3n) is 3.02. The molecule has 6 nitrogen and oxygen atoms in total. The number of carboxylic acid groups (broad SMARTS) is 1. The molecule has 0 unspecified atom stereocenters. The molecule has 0 bridgehead atoms. The molecule has 0 fully saturated rings. The molecule has 2 N–H and O–H groups in total. The molecule has 1 aromatic heterocycles. The summed E-state index contributed by atoms with van der Waals surface area (Å²) in [7, 11) is 1.47. The maximum absolute atomic E-state index is 10.8. The Morgan fingerprint density at radius 2 is 2.00 bits per heavy atom. The molecule has 0 atom stereocenters. The predicted molar refractivity (Wildman–Crippen MR) is 66.6 cm³/mol. The van der Waals surface area contributed by atoms with Crippen molar-refractivity contribution < 1.29 is 24.3 Å². The SMILES string of the molecule is COc1c(O)cc(-c2cc(C(=O)O)no2)c(C)c1C. The van der Waals surface area contributed by atoms with Crippen LogP contribution in [0.3, 0.4) is 0 Å². The Morgan fingerprint density at radius 1 is 1.32 bits per heavy atom. The summed E-state index contributed by atoms with van der Waals surface area (Å²) in [6.45, 7) is 3.63. The number of ether oxygens (including phenoxy) is 1. The van der Waals surface area contributed by atoms with Gasteiger partial charge in [0, 0.05) is 11.6 Å². The van der Waals surface area contributed by atoms with Crippen LogP contribution in [0, 0.1) is 13.8 Å². The van der Waals surface area contributed by atoms with Crippen LogP contribution in [0.4, 0.5) is 0 Å². The number of rotatable bonds is 3. The van der Waals surface area contributed by atoms with Gasteiger partial charge in [-0.2, -0.15) is 0 Å². The Bertz CT molecular complexity index is 645. The van der Waals surface area contributed by atoms with Crippen molar-refractivity contribution in [2.24, 2.45) is 0 Å². The van der Waals surface area contributed by atoms with E-state index in [9.17, 15) is 9.90 Å². The average molecular weight is 263 g/mol. The van der Waals surface area contributed by atoms with Crippen molar-refractivity contribution in [1.82, 2.24) is 5.16 Å². The van der Waals surface area contributed by atoms with Crippen LogP contribution in [0.5, 0.6) is 11.5 Å². The fraction of sp³-hybridized carbons (Fsp3) is 0.231. The number of aromatic hydroxyl groups is 1. The van der Waals surface area contributed by atoms with Gasteiger partial charge >= 0.3 is 5.97 Å². The van der Waals surface area contributed by atoms with E-state index in [-0.39, 0.29) is 17.2 Å². The first kappa shape index (κ1) is 12.9. The van der Waals surface area contributed by atoms with E-state index in [1.165, 1.54) is 19.2 Å². The highest BCUT2D eigenvalue weighted by Gasteiger charge is 2.18. The topological polar surface area (TPSA) is 92.8 Å². The van der Waals surface area contributed by atoms with E-state index in [0.29, 0.717) is 11.3 Å². The molecule has 100 valence electrons. The number of hydrogen-bond donors (Lipinski definition) is 2. The number of carbonyl (C=O) groups is 1. The summed E-state index contributed by atoms with van der Waals surface area (Å²) in [6, 6.07) is 2.78. The number of phenols is 1. The lowest BCUT2D eigenvalue weighted by Crippen LogP contribution is -1.95. The van der Waals surface area contributed by atoms with E-state index in [4.69, 9.17) is 14.4 Å². The van der Waals surface area contributed by atoms with Crippen molar-refractivity contribution in [2.45, 2.75) is 13.8 Å². The molecule has 0 amide bonds. The van der Waals surface area contributed by atoms with Crippen LogP contribution in [0.1, 0.15) is 21.6 Å². The van der Waals surface area contributed by atoms with Gasteiger partial charge in [0.2, 0.25) is 0 Å². The smallest absolute Gasteiger partial charge is 0.358 e. The van der Waals surface area contributed by atoms with Crippen LogP contribution in [0.25, 0.3) is 11.3 Å². The average Bonchev–Trinajstić information content (AvgIpc) is 2.84. The second-order valence-corrected chi connectivity index (χ2v) is 4.11. The molecule has 0 aliphatic heterocycles. The summed E-state index contributed by atoms with van der Waals surface area (Å²) in [4.78, 5) is 10.8. The summed E-state index contributed by atoms with van der Waals surface area (Å²) in [5.74, 6) is -0.522. The first-order valence-electron chi connectivity index (χ1n) is 5.53. The molecular weight excluding hydrogens is 250 g/mol. The van der Waals surface area contributed by atoms with Gasteiger partial charge in [0.15, 0.2) is 23.0 Å². The largest absolute Gasteiger partial charge is 0.504 e. The Kier molecular flexibility index (Phi) is 3.16. The van der Waals surface area contributed by atoms with Crippen molar-refractivity contribution in [2.75, 3.05) is 7.11 Å². The highest BCUT2D eigenvalue weighted by molar-refractivity contribution is 5.86. The Hall–Kier alpha value is -2.50. The highest BCUT2D eigenvalue weighted by atomic mass is 16.5. The minimum absolute atomic E-state index is 0.0334. The summed E-state index contributed by atoms with van der Waals surface area (Å²) >= 11 is 0. The quantitative estimate of drug-likeness (QED) is 0.883. The molecule has 2 rings (SSSR count). The molecular formula is C13H13NO5. The monoisotopic (exact) mass is 263 g/mol. The van der Waals surface area contributed by atoms with Gasteiger partial charge in [-0.25, -0.2) is 4.79 Å². The summed E-state index contributed by atoms with van der Waals surface area (Å²) in [5, 5.41) is 22.1. The van der Waals surface area contributed by atoms with Crippen LogP contribution in [0.2, 0.25) is 0 Å². The predicted octanol–water partition coefficient (Wildman–Crippen LogP) is 2.37. The second-order valence-electron chi connectivity index (χ2n) is 4.11. The van der Waals surface area contributed by atoms with Crippen LogP contribution < -0.4 is 4.74 Å². The van der Waals surface area contributed by atoms with Crippen molar-refractivity contribution in [3.05, 3.63) is 29.0 Å². The number of benzene rings is 1. The van der Waals surface area contributed by atoms with E-state index in [0.717, 1.165) is 11.1 Å². The molecule has 0 radical (unpaired) electrons. The molecule has 1 heterocycles. The van der Waals surface area contributed by atoms with E-state index in [1.54, 1.807) is 6.92 Å². The molecule has 1 aromatic carbocycles. The maximum Gasteiger partial charge on any atom is 0.358 e. The Morgan fingerprint density at radius 3 is 2.53 bits per heavy atom. The van der Waals surface area contributed by atoms with Gasteiger partial charge in [0.1, 0.15) is 0 Å². The van der Waals surface area contributed by atoms with Gasteiger partial charge in [-0.1, -0.05) is 5.16 Å². The van der Waals surface area contributed by atoms with E-state index in [2.05, 4.69) is 5.16 Å². The van der Waals surface area contributed by atoms with Crippen LogP contribution in [-0.2, 0) is 0 Å². The van der Waals surface area contributed by atoms with Gasteiger partial charge in [-0.3, -0.25) is 0 Å². The van der Waals surface area contributed by atoms with Gasteiger partial charge in [0.25, 0.3) is 0 Å². The molecule has 0 spiro atoms. The van der Waals surface area contributed by atoms with Gasteiger partial charge in [-0.05, 0) is 31.0 Å². The van der Waals surface area contributed by atoms with Crippen molar-refractivity contribution in [3.63, 3.8) is 0 Å². The zero-order valence-electron chi connectivity index (χ0n) is 10.7. The molecule has 19 heavy (non-hydrogen) atoms. The van der Waals surface area contributed by atoms with E-state index < -0.39 is 5.97 Å². The molecule has 0 saturated carbocycles. The minimum Gasteiger partial charge on any atom is -0.504 e. The number of aromatic nitrogens is 1. The third-order valence-corrected chi connectivity index (χ3v) is 3.02. The Balaban J connectivity index is 2.59. The Labute approximate surface area is 109 Å². The molecule has 6 heteroatoms. The fourth-order valence-electron chi connectivity index (χ4n) is 1.89. The number of carboxylic acids is 1. The summed E-state index contributed by atoms with van der Waals surface area (Å²) in [6.07, 6.45) is 0. The number of aromatic carboxylic acids is 1. The lowest BCUT2D eigenvalue weighted by Gasteiger charge is -2.12. The lowest BCUT2D eigenvalue weighted by atomic mass is 9.99. The van der Waals surface area contributed by atoms with Gasteiger partial charge < -0.3 is 19.5 Å². The number of methoxy groups -OCH3 is 1. The summed E-state index contributed by atoms with van der Waals surface area (Å²) < 4.78 is 10.1. The van der Waals surface area contributed by atoms with E-state index >= 15 is 0 Å². The molecule has 2 aromatic rings. The normalized spacial score (nSPS) is 10.5. The molecule has 0 aliphatic carbocycles. The highest BCUT2D eigenvalue weighted by Crippen LogP contribution is 2.38. The molecule has 0 aliphatic rings.